The molecule has 1 fully saturated rings. The van der Waals surface area contributed by atoms with Crippen molar-refractivity contribution in [1.29, 1.82) is 0 Å². The van der Waals surface area contributed by atoms with Crippen LogP contribution in [0.5, 0.6) is 5.75 Å². The highest BCUT2D eigenvalue weighted by atomic mass is 19.1. The number of hydrogen-bond acceptors (Lipinski definition) is 8. The van der Waals surface area contributed by atoms with Gasteiger partial charge in [-0.05, 0) is 33.8 Å². The maximum absolute atomic E-state index is 14.8. The smallest absolute Gasteiger partial charge is 0.410 e. The van der Waals surface area contributed by atoms with Crippen LogP contribution >= 0.6 is 0 Å². The normalized spacial score (nSPS) is 17.6. The van der Waals surface area contributed by atoms with Crippen molar-refractivity contribution in [2.24, 2.45) is 7.05 Å². The van der Waals surface area contributed by atoms with Crippen LogP contribution in [0, 0.1) is 0 Å². The van der Waals surface area contributed by atoms with E-state index < -0.39 is 29.8 Å². The summed E-state index contributed by atoms with van der Waals surface area (Å²) in [4.78, 5) is 36.8. The van der Waals surface area contributed by atoms with Gasteiger partial charge in [0.15, 0.2) is 0 Å². The molecule has 1 aromatic carbocycles. The van der Waals surface area contributed by atoms with Gasteiger partial charge in [0.05, 0.1) is 42.8 Å². The molecule has 4 rings (SSSR count). The van der Waals surface area contributed by atoms with Gasteiger partial charge in [-0.1, -0.05) is 0 Å². The molecule has 1 aliphatic heterocycles. The lowest BCUT2D eigenvalue weighted by atomic mass is 10.2. The number of fused-ring (bicyclic) bond motifs is 1. The highest BCUT2D eigenvalue weighted by Crippen LogP contribution is 2.30. The Morgan fingerprint density at radius 3 is 2.62 bits per heavy atom. The largest absolute Gasteiger partial charge is 0.492 e. The van der Waals surface area contributed by atoms with E-state index in [1.807, 2.05) is 20.2 Å². The molecule has 0 saturated carbocycles. The lowest BCUT2D eigenvalue weighted by molar-refractivity contribution is 0.0183. The number of aryl methyl sites for hydroxylation is 1. The second kappa shape index (κ2) is 10.2. The number of ether oxygens (including phenoxy) is 2. The molecule has 3 aromatic rings. The van der Waals surface area contributed by atoms with Crippen LogP contribution in [0.2, 0.25) is 0 Å². The lowest BCUT2D eigenvalue weighted by Gasteiger charge is -2.29. The van der Waals surface area contributed by atoms with E-state index in [1.165, 1.54) is 24.3 Å². The van der Waals surface area contributed by atoms with Crippen LogP contribution in [0.4, 0.5) is 20.7 Å². The summed E-state index contributed by atoms with van der Waals surface area (Å²) in [6, 6.07) is 2.87. The third-order valence-electron chi connectivity index (χ3n) is 5.86. The van der Waals surface area contributed by atoms with E-state index in [4.69, 9.17) is 9.47 Å². The molecule has 1 N–H and O–H groups in total. The zero-order valence-electron chi connectivity index (χ0n) is 21.9. The summed E-state index contributed by atoms with van der Waals surface area (Å²) in [6.45, 7) is 7.82. The number of alkyl halides is 1. The van der Waals surface area contributed by atoms with Gasteiger partial charge in [0, 0.05) is 38.3 Å². The van der Waals surface area contributed by atoms with Crippen LogP contribution in [0.15, 0.2) is 30.7 Å². The average molecular weight is 514 g/mol. The number of benzene rings is 1. The van der Waals surface area contributed by atoms with Crippen LogP contribution < -0.4 is 15.0 Å². The van der Waals surface area contributed by atoms with Gasteiger partial charge in [-0.2, -0.15) is 5.10 Å². The summed E-state index contributed by atoms with van der Waals surface area (Å²) in [5, 5.41) is 8.05. The molecule has 11 nitrogen and oxygen atoms in total. The molecule has 0 radical (unpaired) electrons. The fraction of sp³-hybridized carbons (Fsp3) is 0.480. The number of likely N-dealkylation sites (N-methyl/N-ethyl adjacent to an activating group) is 1. The number of anilines is 2. The highest BCUT2D eigenvalue weighted by Gasteiger charge is 2.39. The predicted octanol–water partition coefficient (Wildman–Crippen LogP) is 3.41. The third-order valence-corrected chi connectivity index (χ3v) is 5.86. The summed E-state index contributed by atoms with van der Waals surface area (Å²) >= 11 is 0. The molecule has 2 amide bonds. The average Bonchev–Trinajstić information content (AvgIpc) is 3.39. The first-order valence-corrected chi connectivity index (χ1v) is 12.0. The first-order chi connectivity index (χ1) is 17.4. The van der Waals surface area contributed by atoms with Gasteiger partial charge in [-0.3, -0.25) is 9.48 Å². The fourth-order valence-electron chi connectivity index (χ4n) is 4.11. The molecule has 0 bridgehead atoms. The standard InChI is InChI=1S/C25H32FN7O4/c1-7-36-21-9-17-15(12-31(5)30-17)8-18(21)29-23(34)19-10-28-22(11-27-19)33-13-16(26)20(14-33)32(6)24(35)37-25(2,3)4/h8-12,16,20H,7,13-14H2,1-6H3,(H,29,34)/t16-,20+/m0/s1. The van der Waals surface area contributed by atoms with Crippen molar-refractivity contribution < 1.29 is 23.5 Å². The zero-order chi connectivity index (χ0) is 26.9. The van der Waals surface area contributed by atoms with Gasteiger partial charge >= 0.3 is 6.09 Å². The van der Waals surface area contributed by atoms with Crippen molar-refractivity contribution in [3.63, 3.8) is 0 Å². The molecule has 1 saturated heterocycles. The van der Waals surface area contributed by atoms with Crippen molar-refractivity contribution >= 4 is 34.4 Å². The summed E-state index contributed by atoms with van der Waals surface area (Å²) < 4.78 is 27.5. The number of halogens is 1. The third kappa shape index (κ3) is 5.89. The Labute approximate surface area is 214 Å². The van der Waals surface area contributed by atoms with Crippen molar-refractivity contribution in [2.45, 2.75) is 45.5 Å². The second-order valence-corrected chi connectivity index (χ2v) is 9.94. The summed E-state index contributed by atoms with van der Waals surface area (Å²) in [7, 11) is 3.34. The molecule has 0 aliphatic carbocycles. The first-order valence-electron chi connectivity index (χ1n) is 12.0. The summed E-state index contributed by atoms with van der Waals surface area (Å²) in [5.74, 6) is 0.444. The van der Waals surface area contributed by atoms with Crippen LogP contribution in [0.3, 0.4) is 0 Å². The lowest BCUT2D eigenvalue weighted by Crippen LogP contribution is -2.45. The molecule has 0 unspecified atom stereocenters. The number of amides is 2. The Morgan fingerprint density at radius 2 is 1.97 bits per heavy atom. The van der Waals surface area contributed by atoms with Crippen LogP contribution in [-0.2, 0) is 11.8 Å². The van der Waals surface area contributed by atoms with Crippen molar-refractivity contribution in [2.75, 3.05) is 37.0 Å². The molecular formula is C25H32FN7O4. The number of carbonyl (C=O) groups is 2. The summed E-state index contributed by atoms with van der Waals surface area (Å²) in [6.07, 6.45) is 2.73. The monoisotopic (exact) mass is 513 g/mol. The fourth-order valence-corrected chi connectivity index (χ4v) is 4.11. The minimum atomic E-state index is -1.29. The van der Waals surface area contributed by atoms with Crippen molar-refractivity contribution in [3.05, 3.63) is 36.4 Å². The van der Waals surface area contributed by atoms with Gasteiger partial charge in [0.2, 0.25) is 0 Å². The molecule has 2 aromatic heterocycles. The molecular weight excluding hydrogens is 481 g/mol. The van der Waals surface area contributed by atoms with Gasteiger partial charge in [-0.25, -0.2) is 19.2 Å². The minimum absolute atomic E-state index is 0.0425. The molecule has 0 spiro atoms. The molecule has 1 aliphatic rings. The van der Waals surface area contributed by atoms with Crippen LogP contribution in [-0.4, -0.2) is 81.2 Å². The van der Waals surface area contributed by atoms with Crippen molar-refractivity contribution in [3.8, 4) is 5.75 Å². The number of nitrogens with one attached hydrogen (secondary N) is 1. The molecule has 2 atom stereocenters. The van der Waals surface area contributed by atoms with Crippen LogP contribution in [0.25, 0.3) is 10.9 Å². The van der Waals surface area contributed by atoms with Gasteiger partial charge in [0.1, 0.15) is 29.0 Å². The van der Waals surface area contributed by atoms with Crippen molar-refractivity contribution in [1.82, 2.24) is 24.6 Å². The maximum Gasteiger partial charge on any atom is 0.410 e. The topological polar surface area (TPSA) is 115 Å². The van der Waals surface area contributed by atoms with E-state index in [0.717, 1.165) is 10.9 Å². The molecule has 37 heavy (non-hydrogen) atoms. The highest BCUT2D eigenvalue weighted by molar-refractivity contribution is 6.04. The SMILES string of the molecule is CCOc1cc2nn(C)cc2cc1NC(=O)c1cnc(N2C[C@@H](N(C)C(=O)OC(C)(C)C)[C@@H](F)C2)cn1. The maximum atomic E-state index is 14.8. The predicted molar refractivity (Wildman–Crippen MR) is 137 cm³/mol. The zero-order valence-corrected chi connectivity index (χ0v) is 21.9. The minimum Gasteiger partial charge on any atom is -0.492 e. The Hall–Kier alpha value is -3.96. The van der Waals surface area contributed by atoms with E-state index >= 15 is 0 Å². The Bertz CT molecular complexity index is 1290. The van der Waals surface area contributed by atoms with E-state index in [2.05, 4.69) is 20.4 Å². The Balaban J connectivity index is 1.44. The summed E-state index contributed by atoms with van der Waals surface area (Å²) in [5.41, 5.74) is 0.660. The number of aromatic nitrogens is 4. The molecule has 3 heterocycles. The molecule has 198 valence electrons. The van der Waals surface area contributed by atoms with E-state index in [9.17, 15) is 14.0 Å². The number of carbonyl (C=O) groups excluding carboxylic acids is 2. The quantitative estimate of drug-likeness (QED) is 0.533. The number of hydrogen-bond donors (Lipinski definition) is 1. The van der Waals surface area contributed by atoms with E-state index in [-0.39, 0.29) is 18.8 Å². The van der Waals surface area contributed by atoms with Crippen LogP contribution in [0.1, 0.15) is 38.2 Å². The molecule has 12 heteroatoms. The van der Waals surface area contributed by atoms with E-state index in [1.54, 1.807) is 42.5 Å². The Morgan fingerprint density at radius 1 is 1.22 bits per heavy atom. The number of nitrogens with zero attached hydrogens (tertiary/aromatic N) is 6. The van der Waals surface area contributed by atoms with Gasteiger partial charge in [0.25, 0.3) is 5.91 Å². The van der Waals surface area contributed by atoms with Gasteiger partial charge < -0.3 is 24.6 Å². The second-order valence-electron chi connectivity index (χ2n) is 9.94. The van der Waals surface area contributed by atoms with Gasteiger partial charge in [-0.15, -0.1) is 0 Å². The Kier molecular flexibility index (Phi) is 7.19. The van der Waals surface area contributed by atoms with E-state index in [0.29, 0.717) is 23.9 Å². The number of rotatable bonds is 6. The first kappa shape index (κ1) is 26.1.